The van der Waals surface area contributed by atoms with Crippen molar-refractivity contribution in [3.8, 4) is 0 Å². The first-order valence-corrected chi connectivity index (χ1v) is 8.83. The molecule has 1 heterocycles. The summed E-state index contributed by atoms with van der Waals surface area (Å²) in [6.07, 6.45) is 5.46. The summed E-state index contributed by atoms with van der Waals surface area (Å²) >= 11 is 1.95. The number of rotatable bonds is 10. The normalized spacial score (nSPS) is 13.7. The van der Waals surface area contributed by atoms with Crippen LogP contribution < -0.4 is 5.32 Å². The SMILES string of the molecule is CCCNC(Cc1ccc(CC)s1)C(CC)(CC)OC. The molecule has 2 nitrogen and oxygen atoms in total. The van der Waals surface area contributed by atoms with Gasteiger partial charge in [0.1, 0.15) is 0 Å². The summed E-state index contributed by atoms with van der Waals surface area (Å²) in [7, 11) is 1.86. The molecule has 1 rings (SSSR count). The van der Waals surface area contributed by atoms with Crippen LogP contribution in [-0.4, -0.2) is 25.3 Å². The molecule has 1 N–H and O–H groups in total. The molecule has 0 aromatic carbocycles. The Bertz CT molecular complexity index is 363. The van der Waals surface area contributed by atoms with Crippen LogP contribution in [0.4, 0.5) is 0 Å². The molecule has 0 fully saturated rings. The van der Waals surface area contributed by atoms with Crippen molar-refractivity contribution in [3.05, 3.63) is 21.9 Å². The van der Waals surface area contributed by atoms with Gasteiger partial charge in [0, 0.05) is 22.9 Å². The van der Waals surface area contributed by atoms with Crippen molar-refractivity contribution < 1.29 is 4.74 Å². The van der Waals surface area contributed by atoms with E-state index in [4.69, 9.17) is 4.74 Å². The Hall–Kier alpha value is -0.380. The summed E-state index contributed by atoms with van der Waals surface area (Å²) in [5, 5.41) is 3.72. The van der Waals surface area contributed by atoms with Gasteiger partial charge in [0.25, 0.3) is 0 Å². The molecule has 1 aromatic heterocycles. The summed E-state index contributed by atoms with van der Waals surface area (Å²) in [5.41, 5.74) is -0.0501. The Morgan fingerprint density at radius 1 is 1.15 bits per heavy atom. The second-order valence-electron chi connectivity index (χ2n) is 5.41. The average Bonchev–Trinajstić information content (AvgIpc) is 2.94. The van der Waals surface area contributed by atoms with Crippen molar-refractivity contribution in [2.75, 3.05) is 13.7 Å². The molecule has 1 aromatic rings. The highest BCUT2D eigenvalue weighted by Gasteiger charge is 2.35. The fourth-order valence-electron chi connectivity index (χ4n) is 2.86. The van der Waals surface area contributed by atoms with E-state index in [-0.39, 0.29) is 5.60 Å². The molecule has 0 bridgehead atoms. The van der Waals surface area contributed by atoms with E-state index in [2.05, 4.69) is 45.1 Å². The molecule has 1 unspecified atom stereocenters. The van der Waals surface area contributed by atoms with Crippen LogP contribution in [0.15, 0.2) is 12.1 Å². The van der Waals surface area contributed by atoms with E-state index in [1.165, 1.54) is 9.75 Å². The molecule has 0 aliphatic heterocycles. The third kappa shape index (κ3) is 4.31. The lowest BCUT2D eigenvalue weighted by Gasteiger charge is -2.39. The maximum Gasteiger partial charge on any atom is 0.0829 e. The lowest BCUT2D eigenvalue weighted by molar-refractivity contribution is -0.0469. The molecule has 0 aliphatic carbocycles. The van der Waals surface area contributed by atoms with Crippen molar-refractivity contribution in [1.82, 2.24) is 5.32 Å². The first-order valence-electron chi connectivity index (χ1n) is 8.01. The first-order chi connectivity index (χ1) is 9.65. The van der Waals surface area contributed by atoms with Crippen molar-refractivity contribution in [3.63, 3.8) is 0 Å². The molecule has 0 amide bonds. The Morgan fingerprint density at radius 2 is 1.80 bits per heavy atom. The third-order valence-electron chi connectivity index (χ3n) is 4.35. The van der Waals surface area contributed by atoms with Crippen LogP contribution in [0.1, 0.15) is 56.7 Å². The lowest BCUT2D eigenvalue weighted by Crippen LogP contribution is -2.52. The number of nitrogens with one attached hydrogen (secondary N) is 1. The van der Waals surface area contributed by atoms with Crippen LogP contribution in [0.2, 0.25) is 0 Å². The van der Waals surface area contributed by atoms with Gasteiger partial charge in [0.2, 0.25) is 0 Å². The number of hydrogen-bond donors (Lipinski definition) is 1. The smallest absolute Gasteiger partial charge is 0.0829 e. The van der Waals surface area contributed by atoms with E-state index in [0.29, 0.717) is 6.04 Å². The van der Waals surface area contributed by atoms with Crippen molar-refractivity contribution in [2.45, 2.75) is 71.4 Å². The van der Waals surface area contributed by atoms with Gasteiger partial charge in [-0.15, -0.1) is 11.3 Å². The number of methoxy groups -OCH3 is 1. The quantitative estimate of drug-likeness (QED) is 0.690. The highest BCUT2D eigenvalue weighted by molar-refractivity contribution is 7.11. The summed E-state index contributed by atoms with van der Waals surface area (Å²) in [4.78, 5) is 2.95. The van der Waals surface area contributed by atoms with E-state index in [0.717, 1.165) is 38.6 Å². The van der Waals surface area contributed by atoms with E-state index >= 15 is 0 Å². The standard InChI is InChI=1S/C17H31NOS/c1-6-12-18-16(17(8-3,9-4)19-5)13-15-11-10-14(7-2)20-15/h10-11,16,18H,6-9,12-13H2,1-5H3. The molecule has 116 valence electrons. The summed E-state index contributed by atoms with van der Waals surface area (Å²) in [6, 6.07) is 4.95. The van der Waals surface area contributed by atoms with Gasteiger partial charge in [-0.3, -0.25) is 0 Å². The molecule has 3 heteroatoms. The third-order valence-corrected chi connectivity index (χ3v) is 5.60. The Balaban J connectivity index is 2.87. The monoisotopic (exact) mass is 297 g/mol. The van der Waals surface area contributed by atoms with Crippen LogP contribution in [-0.2, 0) is 17.6 Å². The van der Waals surface area contributed by atoms with Gasteiger partial charge in [-0.1, -0.05) is 27.7 Å². The van der Waals surface area contributed by atoms with Gasteiger partial charge in [0.15, 0.2) is 0 Å². The van der Waals surface area contributed by atoms with E-state index in [9.17, 15) is 0 Å². The van der Waals surface area contributed by atoms with Crippen LogP contribution in [0, 0.1) is 0 Å². The van der Waals surface area contributed by atoms with Gasteiger partial charge in [-0.05, 0) is 50.8 Å². The maximum absolute atomic E-state index is 5.94. The van der Waals surface area contributed by atoms with Gasteiger partial charge in [0.05, 0.1) is 5.60 Å². The highest BCUT2D eigenvalue weighted by Crippen LogP contribution is 2.29. The zero-order valence-electron chi connectivity index (χ0n) is 13.8. The summed E-state index contributed by atoms with van der Waals surface area (Å²) in [5.74, 6) is 0. The van der Waals surface area contributed by atoms with Crippen LogP contribution >= 0.6 is 11.3 Å². The maximum atomic E-state index is 5.94. The zero-order chi connectivity index (χ0) is 15.0. The molecule has 0 spiro atoms. The minimum absolute atomic E-state index is 0.0501. The lowest BCUT2D eigenvalue weighted by atomic mass is 9.85. The van der Waals surface area contributed by atoms with Gasteiger partial charge in [-0.2, -0.15) is 0 Å². The van der Waals surface area contributed by atoms with Crippen LogP contribution in [0.5, 0.6) is 0 Å². The average molecular weight is 298 g/mol. The van der Waals surface area contributed by atoms with Gasteiger partial charge < -0.3 is 10.1 Å². The van der Waals surface area contributed by atoms with Crippen molar-refractivity contribution in [2.24, 2.45) is 0 Å². The zero-order valence-corrected chi connectivity index (χ0v) is 14.6. The van der Waals surface area contributed by atoms with E-state index < -0.39 is 0 Å². The molecule has 0 aliphatic rings. The predicted molar refractivity (Wildman–Crippen MR) is 89.8 cm³/mol. The predicted octanol–water partition coefficient (Wildman–Crippen LogP) is 4.43. The fraction of sp³-hybridized carbons (Fsp3) is 0.765. The first kappa shape index (κ1) is 17.7. The molecule has 1 atom stereocenters. The van der Waals surface area contributed by atoms with Gasteiger partial charge in [-0.25, -0.2) is 0 Å². The molecular weight excluding hydrogens is 266 g/mol. The Kier molecular flexibility index (Phi) is 7.78. The molecule has 20 heavy (non-hydrogen) atoms. The minimum Gasteiger partial charge on any atom is -0.377 e. The molecular formula is C17H31NOS. The molecule has 0 saturated carbocycles. The Morgan fingerprint density at radius 3 is 2.25 bits per heavy atom. The second kappa shape index (κ2) is 8.81. The molecule has 0 saturated heterocycles. The Labute approximate surface area is 128 Å². The topological polar surface area (TPSA) is 21.3 Å². The number of aryl methyl sites for hydroxylation is 1. The second-order valence-corrected chi connectivity index (χ2v) is 6.66. The highest BCUT2D eigenvalue weighted by atomic mass is 32.1. The number of thiophene rings is 1. The van der Waals surface area contributed by atoms with Crippen LogP contribution in [0.25, 0.3) is 0 Å². The molecule has 0 radical (unpaired) electrons. The van der Waals surface area contributed by atoms with E-state index in [1.807, 2.05) is 18.4 Å². The van der Waals surface area contributed by atoms with Gasteiger partial charge >= 0.3 is 0 Å². The number of ether oxygens (including phenoxy) is 1. The van der Waals surface area contributed by atoms with Crippen LogP contribution in [0.3, 0.4) is 0 Å². The van der Waals surface area contributed by atoms with Crippen molar-refractivity contribution >= 4 is 11.3 Å². The van der Waals surface area contributed by atoms with E-state index in [1.54, 1.807) is 0 Å². The van der Waals surface area contributed by atoms with Crippen molar-refractivity contribution in [1.29, 1.82) is 0 Å². The minimum atomic E-state index is -0.0501. The fourth-order valence-corrected chi connectivity index (χ4v) is 3.86. The summed E-state index contributed by atoms with van der Waals surface area (Å²) < 4.78 is 5.94. The summed E-state index contributed by atoms with van der Waals surface area (Å²) in [6.45, 7) is 9.97. The largest absolute Gasteiger partial charge is 0.377 e. The number of hydrogen-bond acceptors (Lipinski definition) is 3.